The van der Waals surface area contributed by atoms with Crippen molar-refractivity contribution in [1.82, 2.24) is 4.98 Å². The van der Waals surface area contributed by atoms with Crippen LogP contribution < -0.4 is 5.73 Å². The lowest BCUT2D eigenvalue weighted by Gasteiger charge is -2.28. The summed E-state index contributed by atoms with van der Waals surface area (Å²) in [5.41, 5.74) is 7.93. The number of thiazole rings is 1. The molecule has 0 atom stereocenters. The minimum Gasteiger partial charge on any atom is -0.399 e. The van der Waals surface area contributed by atoms with Gasteiger partial charge in [0.05, 0.1) is 16.3 Å². The summed E-state index contributed by atoms with van der Waals surface area (Å²) >= 11 is 1.49. The monoisotopic (exact) mass is 225 g/mol. The number of nitrogen functional groups attached to an aromatic ring is 1. The van der Waals surface area contributed by atoms with E-state index < -0.39 is 0 Å². The second kappa shape index (κ2) is 3.48. The molecule has 1 aromatic rings. The summed E-state index contributed by atoms with van der Waals surface area (Å²) in [5, 5.41) is 4.68. The van der Waals surface area contributed by atoms with Crippen molar-refractivity contribution in [2.24, 2.45) is 10.6 Å². The Labute approximate surface area is 93.1 Å². The maximum absolute atomic E-state index is 5.72. The van der Waals surface area contributed by atoms with Crippen LogP contribution in [0.15, 0.2) is 5.16 Å². The number of anilines is 1. The van der Waals surface area contributed by atoms with Crippen LogP contribution >= 0.6 is 11.3 Å². The fourth-order valence-corrected chi connectivity index (χ4v) is 2.78. The summed E-state index contributed by atoms with van der Waals surface area (Å²) in [4.78, 5) is 10.3. The number of hydrogen-bond acceptors (Lipinski definition) is 5. The van der Waals surface area contributed by atoms with Gasteiger partial charge in [-0.2, -0.15) is 0 Å². The van der Waals surface area contributed by atoms with Gasteiger partial charge in [0.15, 0.2) is 5.13 Å². The average Bonchev–Trinajstić information content (AvgIpc) is 2.44. The van der Waals surface area contributed by atoms with Crippen LogP contribution in [-0.2, 0) is 11.3 Å². The van der Waals surface area contributed by atoms with Crippen molar-refractivity contribution in [2.75, 3.05) is 12.8 Å². The molecule has 0 fully saturated rings. The number of oxime groups is 1. The molecule has 0 bridgehead atoms. The van der Waals surface area contributed by atoms with Gasteiger partial charge in [0.2, 0.25) is 0 Å². The number of aromatic nitrogens is 1. The molecule has 1 heterocycles. The summed E-state index contributed by atoms with van der Waals surface area (Å²) in [6.07, 6.45) is 1.87. The molecule has 1 aromatic heterocycles. The van der Waals surface area contributed by atoms with Crippen LogP contribution in [0.5, 0.6) is 0 Å². The molecule has 0 unspecified atom stereocenters. The van der Waals surface area contributed by atoms with Crippen LogP contribution in [0.4, 0.5) is 5.13 Å². The second-order valence-electron chi connectivity index (χ2n) is 4.57. The maximum atomic E-state index is 5.72. The smallest absolute Gasteiger partial charge is 0.180 e. The highest BCUT2D eigenvalue weighted by Gasteiger charge is 2.32. The molecule has 5 heteroatoms. The van der Waals surface area contributed by atoms with Gasteiger partial charge in [0, 0.05) is 0 Å². The Balaban J connectivity index is 2.47. The third-order valence-electron chi connectivity index (χ3n) is 2.47. The summed E-state index contributed by atoms with van der Waals surface area (Å²) in [5.74, 6) is 0. The fourth-order valence-electron chi connectivity index (χ4n) is 1.95. The first-order chi connectivity index (χ1) is 7.02. The molecule has 0 amide bonds. The van der Waals surface area contributed by atoms with Gasteiger partial charge in [-0.05, 0) is 18.3 Å². The molecule has 1 aliphatic carbocycles. The first-order valence-electron chi connectivity index (χ1n) is 4.87. The van der Waals surface area contributed by atoms with Gasteiger partial charge in [-0.1, -0.05) is 30.3 Å². The highest BCUT2D eigenvalue weighted by Crippen LogP contribution is 2.38. The standard InChI is InChI=1S/C10H15N3OS/c1-10(2)4-6-8(15-9(11)12-6)7(5-10)13-14-3/h4-5H2,1-3H3,(H2,11,12). The van der Waals surface area contributed by atoms with E-state index >= 15 is 0 Å². The minimum absolute atomic E-state index is 0.185. The normalized spacial score (nSPS) is 21.4. The van der Waals surface area contributed by atoms with E-state index in [4.69, 9.17) is 10.6 Å². The Kier molecular flexibility index (Phi) is 2.42. The molecule has 0 radical (unpaired) electrons. The van der Waals surface area contributed by atoms with E-state index in [-0.39, 0.29) is 5.41 Å². The molecule has 82 valence electrons. The Morgan fingerprint density at radius 2 is 2.20 bits per heavy atom. The summed E-state index contributed by atoms with van der Waals surface area (Å²) in [6, 6.07) is 0. The van der Waals surface area contributed by atoms with E-state index in [9.17, 15) is 0 Å². The molecule has 0 aliphatic heterocycles. The number of hydrogen-bond donors (Lipinski definition) is 1. The van der Waals surface area contributed by atoms with Crippen LogP contribution in [0.3, 0.4) is 0 Å². The van der Waals surface area contributed by atoms with Crippen LogP contribution in [0.2, 0.25) is 0 Å². The van der Waals surface area contributed by atoms with Gasteiger partial charge in [-0.25, -0.2) is 4.98 Å². The van der Waals surface area contributed by atoms with E-state index in [0.717, 1.165) is 29.1 Å². The Hall–Kier alpha value is -1.10. The molecule has 0 spiro atoms. The lowest BCUT2D eigenvalue weighted by atomic mass is 9.78. The van der Waals surface area contributed by atoms with Crippen LogP contribution in [0.25, 0.3) is 0 Å². The highest BCUT2D eigenvalue weighted by atomic mass is 32.1. The highest BCUT2D eigenvalue weighted by molar-refractivity contribution is 7.17. The van der Waals surface area contributed by atoms with Gasteiger partial charge in [0.1, 0.15) is 7.11 Å². The van der Waals surface area contributed by atoms with Crippen molar-refractivity contribution in [3.05, 3.63) is 10.6 Å². The largest absolute Gasteiger partial charge is 0.399 e. The zero-order valence-corrected chi connectivity index (χ0v) is 10.0. The van der Waals surface area contributed by atoms with Crippen molar-refractivity contribution in [1.29, 1.82) is 0 Å². The zero-order chi connectivity index (χ0) is 11.1. The van der Waals surface area contributed by atoms with Gasteiger partial charge >= 0.3 is 0 Å². The van der Waals surface area contributed by atoms with Crippen molar-refractivity contribution in [3.63, 3.8) is 0 Å². The van der Waals surface area contributed by atoms with Gasteiger partial charge in [-0.15, -0.1) is 0 Å². The van der Waals surface area contributed by atoms with Crippen molar-refractivity contribution in [2.45, 2.75) is 26.7 Å². The minimum atomic E-state index is 0.185. The molecular weight excluding hydrogens is 210 g/mol. The number of rotatable bonds is 1. The van der Waals surface area contributed by atoms with Crippen LogP contribution in [0, 0.1) is 5.41 Å². The molecule has 15 heavy (non-hydrogen) atoms. The Bertz CT molecular complexity index is 409. The zero-order valence-electron chi connectivity index (χ0n) is 9.20. The predicted octanol–water partition coefficient (Wildman–Crippen LogP) is 2.05. The lowest BCUT2D eigenvalue weighted by Crippen LogP contribution is -2.26. The van der Waals surface area contributed by atoms with Gasteiger partial charge in [0.25, 0.3) is 0 Å². The van der Waals surface area contributed by atoms with E-state index in [1.165, 1.54) is 11.3 Å². The fraction of sp³-hybridized carbons (Fsp3) is 0.600. The Morgan fingerprint density at radius 1 is 1.47 bits per heavy atom. The number of fused-ring (bicyclic) bond motifs is 1. The summed E-state index contributed by atoms with van der Waals surface area (Å²) in [6.45, 7) is 4.41. The topological polar surface area (TPSA) is 60.5 Å². The number of nitrogens with zero attached hydrogens (tertiary/aromatic N) is 2. The van der Waals surface area contributed by atoms with E-state index in [0.29, 0.717) is 5.13 Å². The first kappa shape index (κ1) is 10.4. The maximum Gasteiger partial charge on any atom is 0.180 e. The third kappa shape index (κ3) is 1.97. The lowest BCUT2D eigenvalue weighted by molar-refractivity contribution is 0.210. The van der Waals surface area contributed by atoms with E-state index in [1.54, 1.807) is 7.11 Å². The molecular formula is C10H15N3OS. The molecule has 0 aromatic carbocycles. The van der Waals surface area contributed by atoms with Crippen molar-refractivity contribution in [3.8, 4) is 0 Å². The summed E-state index contributed by atoms with van der Waals surface area (Å²) < 4.78 is 0. The molecule has 1 aliphatic rings. The Morgan fingerprint density at radius 3 is 2.87 bits per heavy atom. The number of nitrogens with two attached hydrogens (primary N) is 1. The van der Waals surface area contributed by atoms with E-state index in [2.05, 4.69) is 24.0 Å². The van der Waals surface area contributed by atoms with Gasteiger partial charge < -0.3 is 10.6 Å². The second-order valence-corrected chi connectivity index (χ2v) is 5.60. The average molecular weight is 225 g/mol. The molecule has 4 nitrogen and oxygen atoms in total. The van der Waals surface area contributed by atoms with E-state index in [1.807, 2.05) is 0 Å². The summed E-state index contributed by atoms with van der Waals surface area (Å²) in [7, 11) is 1.57. The quantitative estimate of drug-likeness (QED) is 0.744. The van der Waals surface area contributed by atoms with Crippen LogP contribution in [0.1, 0.15) is 30.8 Å². The van der Waals surface area contributed by atoms with Crippen molar-refractivity contribution < 1.29 is 4.84 Å². The molecule has 0 saturated carbocycles. The van der Waals surface area contributed by atoms with Gasteiger partial charge in [-0.3, -0.25) is 0 Å². The molecule has 2 rings (SSSR count). The molecule has 0 saturated heterocycles. The predicted molar refractivity (Wildman–Crippen MR) is 62.2 cm³/mol. The third-order valence-corrected chi connectivity index (χ3v) is 3.45. The SMILES string of the molecule is CON=C1CC(C)(C)Cc2nc(N)sc21. The van der Waals surface area contributed by atoms with Crippen LogP contribution in [-0.4, -0.2) is 17.8 Å². The van der Waals surface area contributed by atoms with Crippen molar-refractivity contribution >= 4 is 22.2 Å². The molecule has 2 N–H and O–H groups in total. The first-order valence-corrected chi connectivity index (χ1v) is 5.69.